The summed E-state index contributed by atoms with van der Waals surface area (Å²) in [5.74, 6) is 0.310. The van der Waals surface area contributed by atoms with Gasteiger partial charge in [0.15, 0.2) is 0 Å². The Morgan fingerprint density at radius 2 is 1.86 bits per heavy atom. The number of carbonyl (C=O) groups excluding carboxylic acids is 1. The van der Waals surface area contributed by atoms with Gasteiger partial charge in [0.05, 0.1) is 5.56 Å². The monoisotopic (exact) mass is 297 g/mol. The fraction of sp³-hybridized carbons (Fsp3) is 0.333. The summed E-state index contributed by atoms with van der Waals surface area (Å²) < 4.78 is 0. The van der Waals surface area contributed by atoms with Gasteiger partial charge in [-0.25, -0.2) is 0 Å². The Morgan fingerprint density at radius 1 is 1.14 bits per heavy atom. The molecule has 0 aliphatic heterocycles. The van der Waals surface area contributed by atoms with Crippen LogP contribution in [0.4, 0.5) is 5.69 Å². The Hall–Kier alpha value is -2.36. The van der Waals surface area contributed by atoms with Crippen molar-refractivity contribution in [2.45, 2.75) is 26.8 Å². The number of aryl methyl sites for hydroxylation is 1. The van der Waals surface area contributed by atoms with Gasteiger partial charge in [-0.2, -0.15) is 0 Å². The molecule has 0 saturated carbocycles. The van der Waals surface area contributed by atoms with E-state index in [-0.39, 0.29) is 11.9 Å². The van der Waals surface area contributed by atoms with Crippen LogP contribution in [0.15, 0.2) is 48.7 Å². The number of amides is 1. The number of nitrogens with one attached hydrogen (secondary N) is 2. The molecule has 2 aromatic rings. The minimum atomic E-state index is -0.0898. The van der Waals surface area contributed by atoms with Crippen LogP contribution in [0.1, 0.15) is 29.9 Å². The average molecular weight is 297 g/mol. The van der Waals surface area contributed by atoms with Crippen molar-refractivity contribution in [2.75, 3.05) is 11.9 Å². The maximum Gasteiger partial charge on any atom is 0.252 e. The second-order valence-electron chi connectivity index (χ2n) is 5.76. The topological polar surface area (TPSA) is 54.0 Å². The fourth-order valence-corrected chi connectivity index (χ4v) is 2.11. The second kappa shape index (κ2) is 7.59. The molecule has 0 saturated heterocycles. The van der Waals surface area contributed by atoms with Crippen LogP contribution in [0.25, 0.3) is 0 Å². The summed E-state index contributed by atoms with van der Waals surface area (Å²) in [6.07, 6.45) is 1.61. The van der Waals surface area contributed by atoms with E-state index in [9.17, 15) is 4.79 Å². The third-order valence-electron chi connectivity index (χ3n) is 3.59. The van der Waals surface area contributed by atoms with Gasteiger partial charge in [-0.05, 0) is 37.1 Å². The summed E-state index contributed by atoms with van der Waals surface area (Å²) in [6, 6.07) is 13.9. The molecular formula is C18H23N3O. The summed E-state index contributed by atoms with van der Waals surface area (Å²) in [4.78, 5) is 16.3. The van der Waals surface area contributed by atoms with Gasteiger partial charge >= 0.3 is 0 Å². The molecule has 1 aromatic carbocycles. The number of hydrogen-bond donors (Lipinski definition) is 2. The first-order valence-corrected chi connectivity index (χ1v) is 7.58. The number of anilines is 1. The summed E-state index contributed by atoms with van der Waals surface area (Å²) in [7, 11) is 0. The summed E-state index contributed by atoms with van der Waals surface area (Å²) in [5.41, 5.74) is 2.56. The largest absolute Gasteiger partial charge is 0.380 e. The van der Waals surface area contributed by atoms with Crippen molar-refractivity contribution < 1.29 is 4.79 Å². The van der Waals surface area contributed by atoms with Crippen LogP contribution < -0.4 is 10.6 Å². The van der Waals surface area contributed by atoms with Gasteiger partial charge < -0.3 is 10.6 Å². The van der Waals surface area contributed by atoms with E-state index in [2.05, 4.69) is 29.5 Å². The normalized spacial score (nSPS) is 12.0. The Kier molecular flexibility index (Phi) is 5.53. The average Bonchev–Trinajstić information content (AvgIpc) is 2.52. The van der Waals surface area contributed by atoms with Crippen molar-refractivity contribution in [3.05, 3.63) is 59.9 Å². The number of carbonyl (C=O) groups is 1. The van der Waals surface area contributed by atoms with Gasteiger partial charge in [0.1, 0.15) is 0 Å². The predicted octanol–water partition coefficient (Wildman–Crippen LogP) is 3.26. The van der Waals surface area contributed by atoms with Crippen LogP contribution in [0.3, 0.4) is 0 Å². The molecule has 4 nitrogen and oxygen atoms in total. The number of aromatic nitrogens is 1. The predicted molar refractivity (Wildman–Crippen MR) is 90.0 cm³/mol. The standard InChI is InChI=1S/C18H23N3O/c1-13(2)17(21-16-7-5-4-6-8-16)12-20-18(22)15-10-9-14(3)19-11-15/h4-11,13,17,21H,12H2,1-3H3,(H,20,22). The molecule has 1 amide bonds. The van der Waals surface area contributed by atoms with Crippen molar-refractivity contribution >= 4 is 11.6 Å². The van der Waals surface area contributed by atoms with Crippen molar-refractivity contribution in [3.63, 3.8) is 0 Å². The van der Waals surface area contributed by atoms with Gasteiger partial charge in [-0.15, -0.1) is 0 Å². The number of rotatable bonds is 6. The lowest BCUT2D eigenvalue weighted by molar-refractivity contribution is 0.0950. The maximum atomic E-state index is 12.2. The molecule has 0 bridgehead atoms. The first-order valence-electron chi connectivity index (χ1n) is 7.58. The molecule has 2 N–H and O–H groups in total. The van der Waals surface area contributed by atoms with E-state index in [1.54, 1.807) is 12.3 Å². The SMILES string of the molecule is Cc1ccc(C(=O)NCC(Nc2ccccc2)C(C)C)cn1. The van der Waals surface area contributed by atoms with Crippen LogP contribution in [0, 0.1) is 12.8 Å². The molecule has 22 heavy (non-hydrogen) atoms. The smallest absolute Gasteiger partial charge is 0.252 e. The molecule has 1 unspecified atom stereocenters. The van der Waals surface area contributed by atoms with E-state index in [0.717, 1.165) is 11.4 Å². The van der Waals surface area contributed by atoms with E-state index < -0.39 is 0 Å². The molecule has 0 fully saturated rings. The first kappa shape index (κ1) is 16.0. The fourth-order valence-electron chi connectivity index (χ4n) is 2.11. The Morgan fingerprint density at radius 3 is 2.45 bits per heavy atom. The molecule has 1 aromatic heterocycles. The van der Waals surface area contributed by atoms with Crippen molar-refractivity contribution in [2.24, 2.45) is 5.92 Å². The Bertz CT molecular complexity index is 593. The molecular weight excluding hydrogens is 274 g/mol. The molecule has 0 aliphatic carbocycles. The summed E-state index contributed by atoms with van der Waals surface area (Å²) >= 11 is 0. The van der Waals surface area contributed by atoms with E-state index in [1.165, 1.54) is 0 Å². The number of benzene rings is 1. The highest BCUT2D eigenvalue weighted by molar-refractivity contribution is 5.93. The minimum Gasteiger partial charge on any atom is -0.380 e. The van der Waals surface area contributed by atoms with Crippen LogP contribution >= 0.6 is 0 Å². The molecule has 1 atom stereocenters. The van der Waals surface area contributed by atoms with Crippen LogP contribution in [0.2, 0.25) is 0 Å². The quantitative estimate of drug-likeness (QED) is 0.860. The lowest BCUT2D eigenvalue weighted by Gasteiger charge is -2.24. The van der Waals surface area contributed by atoms with Gasteiger partial charge in [0.2, 0.25) is 0 Å². The van der Waals surface area contributed by atoms with Gasteiger partial charge in [-0.1, -0.05) is 32.0 Å². The highest BCUT2D eigenvalue weighted by atomic mass is 16.1. The van der Waals surface area contributed by atoms with Crippen molar-refractivity contribution in [1.82, 2.24) is 10.3 Å². The lowest BCUT2D eigenvalue weighted by atomic mass is 10.0. The molecule has 0 radical (unpaired) electrons. The third kappa shape index (κ3) is 4.58. The first-order chi connectivity index (χ1) is 10.6. The van der Waals surface area contributed by atoms with Gasteiger partial charge in [0.25, 0.3) is 5.91 Å². The number of pyridine rings is 1. The highest BCUT2D eigenvalue weighted by Gasteiger charge is 2.15. The highest BCUT2D eigenvalue weighted by Crippen LogP contribution is 2.12. The van der Waals surface area contributed by atoms with Gasteiger partial charge in [0, 0.05) is 30.2 Å². The minimum absolute atomic E-state index is 0.0898. The molecule has 1 heterocycles. The van der Waals surface area contributed by atoms with E-state index >= 15 is 0 Å². The van der Waals surface area contributed by atoms with Crippen molar-refractivity contribution in [3.8, 4) is 0 Å². The van der Waals surface area contributed by atoms with Crippen LogP contribution in [0.5, 0.6) is 0 Å². The molecule has 2 rings (SSSR count). The van der Waals surface area contributed by atoms with Gasteiger partial charge in [-0.3, -0.25) is 9.78 Å². The molecule has 0 spiro atoms. The zero-order valence-electron chi connectivity index (χ0n) is 13.3. The lowest BCUT2D eigenvalue weighted by Crippen LogP contribution is -2.39. The Labute approximate surface area is 132 Å². The maximum absolute atomic E-state index is 12.2. The van der Waals surface area contributed by atoms with Crippen molar-refractivity contribution in [1.29, 1.82) is 0 Å². The Balaban J connectivity index is 1.94. The zero-order chi connectivity index (χ0) is 15.9. The third-order valence-corrected chi connectivity index (χ3v) is 3.59. The summed E-state index contributed by atoms with van der Waals surface area (Å²) in [5, 5.41) is 6.44. The van der Waals surface area contributed by atoms with E-state index in [0.29, 0.717) is 18.0 Å². The number of hydrogen-bond acceptors (Lipinski definition) is 3. The van der Waals surface area contributed by atoms with Crippen LogP contribution in [-0.2, 0) is 0 Å². The molecule has 0 aliphatic rings. The zero-order valence-corrected chi connectivity index (χ0v) is 13.3. The van der Waals surface area contributed by atoms with Crippen LogP contribution in [-0.4, -0.2) is 23.5 Å². The molecule has 4 heteroatoms. The number of nitrogens with zero attached hydrogens (tertiary/aromatic N) is 1. The molecule has 116 valence electrons. The van der Waals surface area contributed by atoms with E-state index in [1.807, 2.05) is 43.3 Å². The second-order valence-corrected chi connectivity index (χ2v) is 5.76. The summed E-state index contributed by atoms with van der Waals surface area (Å²) in [6.45, 7) is 6.75. The number of para-hydroxylation sites is 1. The van der Waals surface area contributed by atoms with E-state index in [4.69, 9.17) is 0 Å².